The molecule has 2 saturated heterocycles. The molecule has 3 aromatic carbocycles. The van der Waals surface area contributed by atoms with Crippen LogP contribution in [-0.4, -0.2) is 38.5 Å². The van der Waals surface area contributed by atoms with Crippen molar-refractivity contribution in [3.63, 3.8) is 0 Å². The number of hydrogen-bond donors (Lipinski definition) is 1. The lowest BCUT2D eigenvalue weighted by Gasteiger charge is -2.49. The maximum atomic E-state index is 15.0. The van der Waals surface area contributed by atoms with Gasteiger partial charge in [-0.3, -0.25) is 28.8 Å². The number of halogens is 2. The van der Waals surface area contributed by atoms with Crippen LogP contribution in [0.4, 0.5) is 11.5 Å². The Hall–Kier alpha value is -4.33. The monoisotopic (exact) mass is 842 g/mol. The smallest absolute Gasteiger partial charge is 0.242 e. The van der Waals surface area contributed by atoms with Crippen molar-refractivity contribution in [3.05, 3.63) is 104 Å². The standard InChI is InChI=1S/C40H32ClIN4O5S/c1-19-27-16-21(41)6-15-31(27)52-35(19)30-18-32(44(3)43-30)46-37(49)29-17-28-25(34(40(29,2)39(46)51)20-4-11-24(47)12-5-20)13-14-26-33(28)38(50)45(36(26)48)23-9-7-22(42)8-10-23/h4-13,15-16,18,26,28-29,33-34,47H,14,17H2,1-3H3. The van der Waals surface area contributed by atoms with Crippen molar-refractivity contribution in [3.8, 4) is 16.3 Å². The van der Waals surface area contributed by atoms with E-state index in [1.807, 2.05) is 50.3 Å². The zero-order chi connectivity index (χ0) is 36.4. The molecule has 4 aliphatic rings. The van der Waals surface area contributed by atoms with E-state index in [4.69, 9.17) is 16.7 Å². The molecule has 0 spiro atoms. The minimum Gasteiger partial charge on any atom is -0.508 e. The van der Waals surface area contributed by atoms with E-state index in [-0.39, 0.29) is 35.8 Å². The third-order valence-corrected chi connectivity index (χ3v) is 14.1. The summed E-state index contributed by atoms with van der Waals surface area (Å²) < 4.78 is 3.63. The fourth-order valence-corrected chi connectivity index (χ4v) is 11.0. The Morgan fingerprint density at radius 3 is 2.38 bits per heavy atom. The van der Waals surface area contributed by atoms with Crippen molar-refractivity contribution in [1.82, 2.24) is 9.78 Å². The van der Waals surface area contributed by atoms with Gasteiger partial charge in [0.05, 0.1) is 33.7 Å². The number of carbonyl (C=O) groups is 4. The molecule has 2 aliphatic heterocycles. The number of phenolic OH excluding ortho intramolecular Hbond substituents is 1. The Morgan fingerprint density at radius 1 is 0.923 bits per heavy atom. The van der Waals surface area contributed by atoms with Crippen molar-refractivity contribution in [1.29, 1.82) is 0 Å². The predicted octanol–water partition coefficient (Wildman–Crippen LogP) is 8.01. The van der Waals surface area contributed by atoms with E-state index in [2.05, 4.69) is 22.6 Å². The summed E-state index contributed by atoms with van der Waals surface area (Å²) in [4.78, 5) is 61.5. The van der Waals surface area contributed by atoms with Gasteiger partial charge in [-0.05, 0) is 126 Å². The number of aromatic nitrogens is 2. The molecule has 4 heterocycles. The second kappa shape index (κ2) is 11.8. The Labute approximate surface area is 322 Å². The number of imide groups is 2. The van der Waals surface area contributed by atoms with Gasteiger partial charge in [0.25, 0.3) is 0 Å². The number of carbonyl (C=O) groups excluding carboxylic acids is 4. The highest BCUT2D eigenvalue weighted by Crippen LogP contribution is 2.64. The number of rotatable bonds is 4. The second-order valence-electron chi connectivity index (χ2n) is 14.4. The van der Waals surface area contributed by atoms with Crippen LogP contribution >= 0.6 is 45.5 Å². The van der Waals surface area contributed by atoms with Crippen LogP contribution in [0.25, 0.3) is 20.7 Å². The van der Waals surface area contributed by atoms with Gasteiger partial charge < -0.3 is 5.11 Å². The Balaban J connectivity index is 1.14. The molecule has 12 heteroatoms. The largest absolute Gasteiger partial charge is 0.508 e. The first-order valence-corrected chi connectivity index (χ1v) is 19.4. The summed E-state index contributed by atoms with van der Waals surface area (Å²) in [5.41, 5.74) is 2.64. The van der Waals surface area contributed by atoms with Gasteiger partial charge in [0.15, 0.2) is 0 Å². The summed E-state index contributed by atoms with van der Waals surface area (Å²) in [6.07, 6.45) is 2.64. The maximum Gasteiger partial charge on any atom is 0.242 e. The summed E-state index contributed by atoms with van der Waals surface area (Å²) in [7, 11) is 1.73. The van der Waals surface area contributed by atoms with Crippen LogP contribution in [0.1, 0.15) is 36.8 Å². The SMILES string of the molecule is Cc1c(-c2cc(N3C(=O)C4CC5C(=CCC6C(=O)N(c7ccc(I)cc7)C(=O)C65)C(c5ccc(O)cc5)C4(C)C3=O)n(C)n2)sc2ccc(Cl)cc12. The molecule has 5 aromatic rings. The van der Waals surface area contributed by atoms with Crippen molar-refractivity contribution < 1.29 is 24.3 Å². The van der Waals surface area contributed by atoms with Crippen molar-refractivity contribution in [2.75, 3.05) is 9.80 Å². The second-order valence-corrected chi connectivity index (χ2v) is 17.2. The third-order valence-electron chi connectivity index (χ3n) is 11.8. The number of hydrogen-bond acceptors (Lipinski definition) is 7. The zero-order valence-electron chi connectivity index (χ0n) is 28.3. The normalized spacial score (nSPS) is 26.9. The molecule has 262 valence electrons. The molecule has 6 unspecified atom stereocenters. The average molecular weight is 843 g/mol. The number of anilines is 2. The zero-order valence-corrected chi connectivity index (χ0v) is 32.1. The molecule has 3 fully saturated rings. The lowest BCUT2D eigenvalue weighted by Crippen LogP contribution is -2.48. The first-order valence-electron chi connectivity index (χ1n) is 17.1. The van der Waals surface area contributed by atoms with E-state index in [0.29, 0.717) is 28.6 Å². The van der Waals surface area contributed by atoms with Gasteiger partial charge in [0.1, 0.15) is 17.3 Å². The molecule has 0 bridgehead atoms. The fraction of sp³-hybridized carbons (Fsp3) is 0.275. The van der Waals surface area contributed by atoms with Crippen molar-refractivity contribution in [2.45, 2.75) is 32.6 Å². The van der Waals surface area contributed by atoms with E-state index < -0.39 is 35.0 Å². The van der Waals surface area contributed by atoms with Gasteiger partial charge in [-0.1, -0.05) is 35.4 Å². The van der Waals surface area contributed by atoms with Gasteiger partial charge >= 0.3 is 0 Å². The van der Waals surface area contributed by atoms with Crippen molar-refractivity contribution >= 4 is 90.7 Å². The van der Waals surface area contributed by atoms with Crippen LogP contribution in [0.5, 0.6) is 5.75 Å². The van der Waals surface area contributed by atoms with Crippen LogP contribution in [0.15, 0.2) is 84.4 Å². The number of aryl methyl sites for hydroxylation is 2. The molecular weight excluding hydrogens is 811 g/mol. The van der Waals surface area contributed by atoms with Gasteiger partial charge in [-0.2, -0.15) is 5.10 Å². The van der Waals surface area contributed by atoms with Crippen LogP contribution in [0.2, 0.25) is 5.02 Å². The number of nitrogens with zero attached hydrogens (tertiary/aromatic N) is 4. The molecule has 9 rings (SSSR count). The molecular formula is C40H32ClIN4O5S. The van der Waals surface area contributed by atoms with Gasteiger partial charge in [-0.25, -0.2) is 4.90 Å². The highest BCUT2D eigenvalue weighted by molar-refractivity contribution is 14.1. The summed E-state index contributed by atoms with van der Waals surface area (Å²) in [5, 5.41) is 16.7. The molecule has 2 aromatic heterocycles. The first kappa shape index (κ1) is 33.5. The third kappa shape index (κ3) is 4.67. The van der Waals surface area contributed by atoms with E-state index in [1.54, 1.807) is 65.5 Å². The van der Waals surface area contributed by atoms with Crippen LogP contribution in [0.3, 0.4) is 0 Å². The topological polar surface area (TPSA) is 113 Å². The number of thiophene rings is 1. The molecule has 2 aliphatic carbocycles. The quantitative estimate of drug-likeness (QED) is 0.112. The Kier molecular flexibility index (Phi) is 7.63. The number of phenols is 1. The number of aromatic hydroxyl groups is 1. The number of allylic oxidation sites excluding steroid dienone is 2. The molecule has 52 heavy (non-hydrogen) atoms. The fourth-order valence-electron chi connectivity index (χ4n) is 9.34. The molecule has 0 radical (unpaired) electrons. The molecule has 6 atom stereocenters. The maximum absolute atomic E-state index is 15.0. The van der Waals surface area contributed by atoms with E-state index >= 15 is 0 Å². The molecule has 1 saturated carbocycles. The lowest BCUT2D eigenvalue weighted by atomic mass is 9.51. The highest BCUT2D eigenvalue weighted by Gasteiger charge is 2.68. The van der Waals surface area contributed by atoms with Crippen LogP contribution in [0, 0.1) is 39.6 Å². The van der Waals surface area contributed by atoms with Gasteiger partial charge in [0, 0.05) is 32.3 Å². The highest BCUT2D eigenvalue weighted by atomic mass is 127. The average Bonchev–Trinajstić information content (AvgIpc) is 3.79. The molecule has 9 nitrogen and oxygen atoms in total. The minimum atomic E-state index is -1.21. The lowest BCUT2D eigenvalue weighted by molar-refractivity contribution is -0.131. The summed E-state index contributed by atoms with van der Waals surface area (Å²) in [6, 6.07) is 21.6. The molecule has 1 N–H and O–H groups in total. The first-order chi connectivity index (χ1) is 24.9. The van der Waals surface area contributed by atoms with Gasteiger partial charge in [-0.15, -0.1) is 11.3 Å². The van der Waals surface area contributed by atoms with E-state index in [0.717, 1.165) is 35.2 Å². The van der Waals surface area contributed by atoms with Crippen LogP contribution < -0.4 is 9.80 Å². The minimum absolute atomic E-state index is 0.0805. The molecule has 4 amide bonds. The predicted molar refractivity (Wildman–Crippen MR) is 208 cm³/mol. The van der Waals surface area contributed by atoms with E-state index in [9.17, 15) is 24.3 Å². The summed E-state index contributed by atoms with van der Waals surface area (Å²) in [5.74, 6) is -3.77. The summed E-state index contributed by atoms with van der Waals surface area (Å²) in [6.45, 7) is 3.87. The Bertz CT molecular complexity index is 2420. The van der Waals surface area contributed by atoms with Crippen LogP contribution in [-0.2, 0) is 26.2 Å². The van der Waals surface area contributed by atoms with Gasteiger partial charge in [0.2, 0.25) is 23.6 Å². The van der Waals surface area contributed by atoms with E-state index in [1.165, 1.54) is 9.80 Å². The Morgan fingerprint density at radius 2 is 1.65 bits per heavy atom. The number of amides is 4. The number of benzene rings is 3. The van der Waals surface area contributed by atoms with Crippen molar-refractivity contribution in [2.24, 2.45) is 36.1 Å². The summed E-state index contributed by atoms with van der Waals surface area (Å²) >= 11 is 10.1. The number of fused-ring (bicyclic) bond motifs is 5.